The molecule has 1 aromatic carbocycles. The van der Waals surface area contributed by atoms with Crippen LogP contribution in [-0.4, -0.2) is 63.8 Å². The largest absolute Gasteiger partial charge is 0.492 e. The Hall–Kier alpha value is -0.820. The first-order valence-corrected chi connectivity index (χ1v) is 9.82. The maximum atomic E-state index is 12.4. The molecule has 1 atom stereocenters. The smallest absolute Gasteiger partial charge is 0.158 e. The van der Waals surface area contributed by atoms with Gasteiger partial charge < -0.3 is 9.47 Å². The molecule has 1 spiro atoms. The van der Waals surface area contributed by atoms with Crippen LogP contribution in [0.2, 0.25) is 5.02 Å². The number of halogens is 1. The van der Waals surface area contributed by atoms with Gasteiger partial charge in [0.1, 0.15) is 17.1 Å². The van der Waals surface area contributed by atoms with Gasteiger partial charge in [-0.05, 0) is 30.7 Å². The lowest BCUT2D eigenvalue weighted by Gasteiger charge is -2.49. The van der Waals surface area contributed by atoms with Crippen LogP contribution in [-0.2, 0) is 14.6 Å². The second-order valence-corrected chi connectivity index (χ2v) is 9.22. The number of sulfone groups is 1. The van der Waals surface area contributed by atoms with Gasteiger partial charge in [-0.15, -0.1) is 0 Å². The van der Waals surface area contributed by atoms with Gasteiger partial charge in [-0.1, -0.05) is 11.6 Å². The van der Waals surface area contributed by atoms with Crippen LogP contribution in [0.1, 0.15) is 6.42 Å². The molecule has 0 aliphatic carbocycles. The van der Waals surface area contributed by atoms with Crippen molar-refractivity contribution in [3.8, 4) is 5.75 Å². The maximum absolute atomic E-state index is 12.4. The third kappa shape index (κ3) is 3.22. The van der Waals surface area contributed by atoms with E-state index >= 15 is 0 Å². The number of ether oxygens (including phenoxy) is 2. The summed E-state index contributed by atoms with van der Waals surface area (Å²) in [6.07, 6.45) is 0.714. The predicted molar refractivity (Wildman–Crippen MR) is 89.9 cm³/mol. The highest BCUT2D eigenvalue weighted by Crippen LogP contribution is 2.44. The lowest BCUT2D eigenvalue weighted by atomic mass is 9.84. The summed E-state index contributed by atoms with van der Waals surface area (Å²) in [6, 6.07) is 7.23. The highest BCUT2D eigenvalue weighted by molar-refractivity contribution is 7.93. The average molecular weight is 360 g/mol. The van der Waals surface area contributed by atoms with Crippen molar-refractivity contribution < 1.29 is 17.9 Å². The normalized spacial score (nSPS) is 25.4. The van der Waals surface area contributed by atoms with Crippen LogP contribution < -0.4 is 4.74 Å². The van der Waals surface area contributed by atoms with Crippen molar-refractivity contribution >= 4 is 21.4 Å². The molecule has 0 radical (unpaired) electrons. The molecule has 0 amide bonds. The Morgan fingerprint density at radius 2 is 2.00 bits per heavy atom. The zero-order valence-electron chi connectivity index (χ0n) is 13.2. The molecule has 23 heavy (non-hydrogen) atoms. The monoisotopic (exact) mass is 359 g/mol. The molecule has 0 aromatic heterocycles. The van der Waals surface area contributed by atoms with Gasteiger partial charge in [0.25, 0.3) is 0 Å². The van der Waals surface area contributed by atoms with E-state index in [4.69, 9.17) is 21.1 Å². The average Bonchev–Trinajstić information content (AvgIpc) is 2.73. The topological polar surface area (TPSA) is 55.8 Å². The van der Waals surface area contributed by atoms with E-state index in [-0.39, 0.29) is 11.7 Å². The van der Waals surface area contributed by atoms with Gasteiger partial charge in [-0.2, -0.15) is 0 Å². The Labute approximate surface area is 142 Å². The fourth-order valence-electron chi connectivity index (χ4n) is 3.60. The predicted octanol–water partition coefficient (Wildman–Crippen LogP) is 1.85. The first-order chi connectivity index (χ1) is 11.0. The molecule has 3 rings (SSSR count). The van der Waals surface area contributed by atoms with Crippen LogP contribution in [0.25, 0.3) is 0 Å². The van der Waals surface area contributed by atoms with Crippen molar-refractivity contribution in [2.45, 2.75) is 11.2 Å². The molecular weight excluding hydrogens is 338 g/mol. The second-order valence-electron chi connectivity index (χ2n) is 6.34. The molecule has 0 saturated carbocycles. The van der Waals surface area contributed by atoms with E-state index < -0.39 is 14.6 Å². The van der Waals surface area contributed by atoms with Gasteiger partial charge in [0.15, 0.2) is 9.84 Å². The fraction of sp³-hybridized carbons (Fsp3) is 0.625. The van der Waals surface area contributed by atoms with Gasteiger partial charge in [-0.3, -0.25) is 4.90 Å². The zero-order chi connectivity index (χ0) is 16.5. The number of rotatable bonds is 6. The minimum Gasteiger partial charge on any atom is -0.492 e. The van der Waals surface area contributed by atoms with E-state index in [0.29, 0.717) is 37.7 Å². The van der Waals surface area contributed by atoms with E-state index in [9.17, 15) is 8.42 Å². The molecule has 7 heteroatoms. The van der Waals surface area contributed by atoms with Crippen LogP contribution in [0.3, 0.4) is 0 Å². The molecule has 2 fully saturated rings. The lowest BCUT2D eigenvalue weighted by Crippen LogP contribution is -2.67. The number of nitrogens with zero attached hydrogens (tertiary/aromatic N) is 1. The Balaban J connectivity index is 1.51. The molecule has 0 bridgehead atoms. The highest BCUT2D eigenvalue weighted by Gasteiger charge is 2.61. The van der Waals surface area contributed by atoms with Gasteiger partial charge in [0, 0.05) is 37.7 Å². The molecule has 1 aromatic rings. The summed E-state index contributed by atoms with van der Waals surface area (Å²) in [5.74, 6) is 1.18. The van der Waals surface area contributed by atoms with Crippen LogP contribution >= 0.6 is 11.6 Å². The Morgan fingerprint density at radius 1 is 1.30 bits per heavy atom. The van der Waals surface area contributed by atoms with E-state index in [1.165, 1.54) is 0 Å². The Morgan fingerprint density at radius 3 is 2.65 bits per heavy atom. The van der Waals surface area contributed by atoms with Crippen molar-refractivity contribution in [2.75, 3.05) is 45.7 Å². The van der Waals surface area contributed by atoms with Crippen molar-refractivity contribution in [1.82, 2.24) is 4.90 Å². The maximum Gasteiger partial charge on any atom is 0.158 e. The molecule has 5 nitrogen and oxygen atoms in total. The summed E-state index contributed by atoms with van der Waals surface area (Å²) >= 11 is 5.83. The van der Waals surface area contributed by atoms with Gasteiger partial charge in [0.05, 0.1) is 12.4 Å². The molecule has 2 aliphatic rings. The van der Waals surface area contributed by atoms with Gasteiger partial charge >= 0.3 is 0 Å². The Kier molecular flexibility index (Phi) is 4.88. The number of likely N-dealkylation sites (tertiary alicyclic amines) is 1. The standard InChI is InChI=1S/C16H22ClNO4S/c1-21-10-13-6-9-23(19,20)16(13)11-18(12-16)7-8-22-15-4-2-14(17)3-5-15/h2-5,13H,6-12H2,1H3/t13-/m1/s1. The Bertz CT molecular complexity index is 641. The molecule has 128 valence electrons. The summed E-state index contributed by atoms with van der Waals surface area (Å²) in [7, 11) is -1.38. The molecule has 2 saturated heterocycles. The first-order valence-electron chi connectivity index (χ1n) is 7.79. The second kappa shape index (κ2) is 6.59. The minimum absolute atomic E-state index is 0.117. The van der Waals surface area contributed by atoms with Crippen molar-refractivity contribution in [3.63, 3.8) is 0 Å². The summed E-state index contributed by atoms with van der Waals surface area (Å²) < 4.78 is 35.1. The summed E-state index contributed by atoms with van der Waals surface area (Å²) in [6.45, 7) is 2.96. The van der Waals surface area contributed by atoms with Gasteiger partial charge in [0.2, 0.25) is 0 Å². The van der Waals surface area contributed by atoms with Crippen molar-refractivity contribution in [1.29, 1.82) is 0 Å². The fourth-order valence-corrected chi connectivity index (χ4v) is 6.18. The van der Waals surface area contributed by atoms with Gasteiger partial charge in [-0.25, -0.2) is 8.42 Å². The number of hydrogen-bond donors (Lipinski definition) is 0. The minimum atomic E-state index is -3.01. The van der Waals surface area contributed by atoms with Crippen LogP contribution in [0.4, 0.5) is 0 Å². The quantitative estimate of drug-likeness (QED) is 0.776. The van der Waals surface area contributed by atoms with Crippen LogP contribution in [0.5, 0.6) is 5.75 Å². The molecule has 0 N–H and O–H groups in total. The van der Waals surface area contributed by atoms with Crippen LogP contribution in [0, 0.1) is 5.92 Å². The lowest BCUT2D eigenvalue weighted by molar-refractivity contribution is 0.0383. The third-order valence-corrected chi connectivity index (χ3v) is 7.79. The van der Waals surface area contributed by atoms with Crippen molar-refractivity contribution in [3.05, 3.63) is 29.3 Å². The SMILES string of the molecule is COC[C@H]1CCS(=O)(=O)C12CN(CCOc1ccc(Cl)cc1)C2. The molecule has 0 unspecified atom stereocenters. The third-order valence-electron chi connectivity index (χ3n) is 4.94. The van der Waals surface area contributed by atoms with E-state index in [2.05, 4.69) is 4.90 Å². The van der Waals surface area contributed by atoms with Crippen molar-refractivity contribution in [2.24, 2.45) is 5.92 Å². The van der Waals surface area contributed by atoms with E-state index in [1.54, 1.807) is 19.2 Å². The number of benzene rings is 1. The van der Waals surface area contributed by atoms with Crippen LogP contribution in [0.15, 0.2) is 24.3 Å². The highest BCUT2D eigenvalue weighted by atomic mass is 35.5. The summed E-state index contributed by atoms with van der Waals surface area (Å²) in [5, 5.41) is 0.678. The summed E-state index contributed by atoms with van der Waals surface area (Å²) in [4.78, 5) is 2.14. The van der Waals surface area contributed by atoms with E-state index in [0.717, 1.165) is 12.3 Å². The number of hydrogen-bond acceptors (Lipinski definition) is 5. The summed E-state index contributed by atoms with van der Waals surface area (Å²) in [5.41, 5.74) is 0. The molecular formula is C16H22ClNO4S. The molecule has 2 aliphatic heterocycles. The molecule has 2 heterocycles. The van der Waals surface area contributed by atoms with E-state index in [1.807, 2.05) is 12.1 Å². The first kappa shape index (κ1) is 17.0. The zero-order valence-corrected chi connectivity index (χ0v) is 14.8. The number of methoxy groups -OCH3 is 1.